The highest BCUT2D eigenvalue weighted by Crippen LogP contribution is 2.33. The molecule has 2 rings (SSSR count). The van der Waals surface area contributed by atoms with Gasteiger partial charge in [-0.05, 0) is 24.1 Å². The predicted octanol–water partition coefficient (Wildman–Crippen LogP) is 4.12. The third kappa shape index (κ3) is 4.03. The number of halogens is 3. The van der Waals surface area contributed by atoms with Gasteiger partial charge in [-0.3, -0.25) is 4.79 Å². The largest absolute Gasteiger partial charge is 0.496 e. The topological polar surface area (TPSA) is 46.5 Å². The Hall–Kier alpha value is -2.50. The number of alkyl halides is 3. The monoisotopic (exact) mass is 324 g/mol. The van der Waals surface area contributed by atoms with Gasteiger partial charge in [-0.2, -0.15) is 13.2 Å². The molecule has 3 nitrogen and oxygen atoms in total. The molecule has 0 radical (unpaired) electrons. The molecule has 0 saturated heterocycles. The lowest BCUT2D eigenvalue weighted by Gasteiger charge is -2.17. The first-order valence-electron chi connectivity index (χ1n) is 6.84. The van der Waals surface area contributed by atoms with Crippen LogP contribution >= 0.6 is 0 Å². The smallest absolute Gasteiger partial charge is 0.416 e. The van der Waals surface area contributed by atoms with E-state index in [0.29, 0.717) is 16.9 Å². The van der Waals surface area contributed by atoms with Crippen molar-refractivity contribution in [2.24, 2.45) is 0 Å². The fraction of sp³-hybridized carbons (Fsp3) is 0.235. The van der Waals surface area contributed by atoms with Crippen molar-refractivity contribution in [3.05, 3.63) is 65.2 Å². The Morgan fingerprint density at radius 1 is 1.17 bits per heavy atom. The van der Waals surface area contributed by atoms with Gasteiger partial charge in [0.15, 0.2) is 0 Å². The molecule has 6 heteroatoms. The highest BCUT2D eigenvalue weighted by Gasteiger charge is 2.31. The third-order valence-electron chi connectivity index (χ3n) is 3.51. The Balaban J connectivity index is 2.36. The normalized spacial score (nSPS) is 12.7. The summed E-state index contributed by atoms with van der Waals surface area (Å²) < 4.78 is 43.5. The Morgan fingerprint density at radius 2 is 1.87 bits per heavy atom. The number of methoxy groups -OCH3 is 1. The van der Waals surface area contributed by atoms with Crippen LogP contribution < -0.4 is 4.74 Å². The predicted molar refractivity (Wildman–Crippen MR) is 78.5 cm³/mol. The molecule has 0 aromatic heterocycles. The van der Waals surface area contributed by atoms with Gasteiger partial charge in [0.05, 0.1) is 18.6 Å². The summed E-state index contributed by atoms with van der Waals surface area (Å²) in [6.07, 6.45) is -4.52. The molecule has 122 valence electrons. The van der Waals surface area contributed by atoms with E-state index in [1.165, 1.54) is 19.2 Å². The molecule has 0 bridgehead atoms. The summed E-state index contributed by atoms with van der Waals surface area (Å²) in [5, 5.41) is 9.46. The average molecular weight is 324 g/mol. The molecule has 1 N–H and O–H groups in total. The first-order chi connectivity index (χ1) is 10.8. The van der Waals surface area contributed by atoms with Crippen molar-refractivity contribution in [3.63, 3.8) is 0 Å². The third-order valence-corrected chi connectivity index (χ3v) is 3.51. The van der Waals surface area contributed by atoms with Gasteiger partial charge in [0.1, 0.15) is 5.75 Å². The zero-order chi connectivity index (χ0) is 17.0. The second-order valence-electron chi connectivity index (χ2n) is 5.04. The SMILES string of the molecule is COc1ccccc1C(Cc1cccc(C(F)(F)F)c1)C(=O)O. The van der Waals surface area contributed by atoms with E-state index in [0.717, 1.165) is 12.1 Å². The van der Waals surface area contributed by atoms with E-state index in [9.17, 15) is 23.1 Å². The number of carboxylic acids is 1. The summed E-state index contributed by atoms with van der Waals surface area (Å²) in [6, 6.07) is 11.3. The second kappa shape index (κ2) is 6.73. The van der Waals surface area contributed by atoms with Crippen molar-refractivity contribution >= 4 is 5.97 Å². The van der Waals surface area contributed by atoms with Gasteiger partial charge in [0.25, 0.3) is 0 Å². The first kappa shape index (κ1) is 16.9. The Bertz CT molecular complexity index is 695. The summed E-state index contributed by atoms with van der Waals surface area (Å²) >= 11 is 0. The van der Waals surface area contributed by atoms with Crippen LogP contribution in [0.4, 0.5) is 13.2 Å². The molecule has 0 spiro atoms. The summed E-state index contributed by atoms with van der Waals surface area (Å²) in [4.78, 5) is 11.6. The molecule has 2 aromatic carbocycles. The van der Waals surface area contributed by atoms with Crippen LogP contribution in [-0.2, 0) is 17.4 Å². The zero-order valence-corrected chi connectivity index (χ0v) is 12.3. The standard InChI is InChI=1S/C17H15F3O3/c1-23-15-8-3-2-7-13(15)14(16(21)22)10-11-5-4-6-12(9-11)17(18,19)20/h2-9,14H,10H2,1H3,(H,21,22). The number of rotatable bonds is 5. The van der Waals surface area contributed by atoms with Crippen molar-refractivity contribution < 1.29 is 27.8 Å². The van der Waals surface area contributed by atoms with Crippen molar-refractivity contribution in [3.8, 4) is 5.75 Å². The Labute approximate surface area is 131 Å². The minimum absolute atomic E-state index is 0.0559. The maximum absolute atomic E-state index is 12.8. The lowest BCUT2D eigenvalue weighted by atomic mass is 9.91. The van der Waals surface area contributed by atoms with Crippen molar-refractivity contribution in [2.75, 3.05) is 7.11 Å². The molecule has 0 saturated carbocycles. The quantitative estimate of drug-likeness (QED) is 0.900. The van der Waals surface area contributed by atoms with E-state index in [1.54, 1.807) is 24.3 Å². The van der Waals surface area contributed by atoms with Gasteiger partial charge in [-0.1, -0.05) is 36.4 Å². The molecule has 0 amide bonds. The second-order valence-corrected chi connectivity index (χ2v) is 5.04. The van der Waals surface area contributed by atoms with Crippen LogP contribution in [0, 0.1) is 0 Å². The van der Waals surface area contributed by atoms with Crippen LogP contribution in [0.15, 0.2) is 48.5 Å². The molecule has 0 aliphatic rings. The van der Waals surface area contributed by atoms with E-state index in [2.05, 4.69) is 0 Å². The zero-order valence-electron chi connectivity index (χ0n) is 12.3. The average Bonchev–Trinajstić information content (AvgIpc) is 2.52. The van der Waals surface area contributed by atoms with Crippen LogP contribution in [0.1, 0.15) is 22.6 Å². The van der Waals surface area contributed by atoms with Gasteiger partial charge >= 0.3 is 12.1 Å². The molecule has 2 aromatic rings. The van der Waals surface area contributed by atoms with Crippen LogP contribution in [0.25, 0.3) is 0 Å². The molecular weight excluding hydrogens is 309 g/mol. The van der Waals surface area contributed by atoms with E-state index in [4.69, 9.17) is 4.74 Å². The van der Waals surface area contributed by atoms with Gasteiger partial charge in [-0.15, -0.1) is 0 Å². The number of carbonyl (C=O) groups is 1. The lowest BCUT2D eigenvalue weighted by molar-refractivity contribution is -0.139. The fourth-order valence-corrected chi connectivity index (χ4v) is 2.39. The van der Waals surface area contributed by atoms with Gasteiger partial charge in [0, 0.05) is 5.56 Å². The van der Waals surface area contributed by atoms with Crippen molar-refractivity contribution in [1.29, 1.82) is 0 Å². The number of benzene rings is 2. The highest BCUT2D eigenvalue weighted by atomic mass is 19.4. The van der Waals surface area contributed by atoms with Crippen molar-refractivity contribution in [2.45, 2.75) is 18.5 Å². The maximum Gasteiger partial charge on any atom is 0.416 e. The summed E-state index contributed by atoms with van der Waals surface area (Å²) in [6.45, 7) is 0. The minimum atomic E-state index is -4.46. The molecule has 1 atom stereocenters. The summed E-state index contributed by atoms with van der Waals surface area (Å²) in [5.74, 6) is -1.71. The first-order valence-corrected chi connectivity index (χ1v) is 6.84. The van der Waals surface area contributed by atoms with Crippen LogP contribution in [-0.4, -0.2) is 18.2 Å². The van der Waals surface area contributed by atoms with Gasteiger partial charge in [0.2, 0.25) is 0 Å². The van der Waals surface area contributed by atoms with E-state index < -0.39 is 23.6 Å². The van der Waals surface area contributed by atoms with E-state index in [-0.39, 0.29) is 6.42 Å². The van der Waals surface area contributed by atoms with Crippen LogP contribution in [0.3, 0.4) is 0 Å². The highest BCUT2D eigenvalue weighted by molar-refractivity contribution is 5.77. The molecule has 0 aliphatic carbocycles. The summed E-state index contributed by atoms with van der Waals surface area (Å²) in [5.41, 5.74) is -0.0581. The van der Waals surface area contributed by atoms with E-state index in [1.807, 2.05) is 0 Å². The fourth-order valence-electron chi connectivity index (χ4n) is 2.39. The molecule has 0 fully saturated rings. The summed E-state index contributed by atoms with van der Waals surface area (Å²) in [7, 11) is 1.42. The van der Waals surface area contributed by atoms with Gasteiger partial charge in [-0.25, -0.2) is 0 Å². The molecule has 23 heavy (non-hydrogen) atoms. The minimum Gasteiger partial charge on any atom is -0.496 e. The lowest BCUT2D eigenvalue weighted by Crippen LogP contribution is -2.16. The van der Waals surface area contributed by atoms with Crippen molar-refractivity contribution in [1.82, 2.24) is 0 Å². The molecular formula is C17H15F3O3. The van der Waals surface area contributed by atoms with Crippen LogP contribution in [0.2, 0.25) is 0 Å². The number of para-hydroxylation sites is 1. The van der Waals surface area contributed by atoms with Crippen LogP contribution in [0.5, 0.6) is 5.75 Å². The molecule has 0 aliphatic heterocycles. The number of hydrogen-bond donors (Lipinski definition) is 1. The number of aliphatic carboxylic acids is 1. The number of carboxylic acid groups (broad SMARTS) is 1. The Kier molecular flexibility index (Phi) is 4.93. The number of ether oxygens (including phenoxy) is 1. The number of hydrogen-bond acceptors (Lipinski definition) is 2. The maximum atomic E-state index is 12.8. The Morgan fingerprint density at radius 3 is 2.48 bits per heavy atom. The van der Waals surface area contributed by atoms with E-state index >= 15 is 0 Å². The molecule has 0 heterocycles. The molecule has 1 unspecified atom stereocenters. The van der Waals surface area contributed by atoms with Gasteiger partial charge < -0.3 is 9.84 Å².